The van der Waals surface area contributed by atoms with Gasteiger partial charge in [-0.25, -0.2) is 0 Å². The molecular formula is C19H25N3O2S. The Balaban J connectivity index is 1.35. The van der Waals surface area contributed by atoms with Crippen LogP contribution in [0.25, 0.3) is 10.9 Å². The highest BCUT2D eigenvalue weighted by atomic mass is 32.2. The molecule has 2 atom stereocenters. The van der Waals surface area contributed by atoms with E-state index in [1.165, 1.54) is 23.7 Å². The van der Waals surface area contributed by atoms with Gasteiger partial charge in [0.05, 0.1) is 31.1 Å². The van der Waals surface area contributed by atoms with Crippen LogP contribution < -0.4 is 5.32 Å². The molecule has 4 rings (SSSR count). The highest BCUT2D eigenvalue weighted by Gasteiger charge is 2.35. The average molecular weight is 359 g/mol. The highest BCUT2D eigenvalue weighted by molar-refractivity contribution is 8.00. The van der Waals surface area contributed by atoms with Gasteiger partial charge in [-0.3, -0.25) is 9.69 Å². The molecule has 0 aliphatic carbocycles. The van der Waals surface area contributed by atoms with Crippen LogP contribution in [0.1, 0.15) is 12.8 Å². The molecule has 25 heavy (non-hydrogen) atoms. The van der Waals surface area contributed by atoms with E-state index in [9.17, 15) is 4.79 Å². The Kier molecular flexibility index (Phi) is 5.01. The first-order chi connectivity index (χ1) is 12.2. The fraction of sp³-hybridized carbons (Fsp3) is 0.526. The minimum Gasteiger partial charge on any atom is -0.378 e. The van der Waals surface area contributed by atoms with Crippen molar-refractivity contribution in [2.75, 3.05) is 32.1 Å². The number of aryl methyl sites for hydroxylation is 1. The number of thioether (sulfide) groups is 1. The zero-order chi connectivity index (χ0) is 17.2. The second kappa shape index (κ2) is 7.40. The first-order valence-electron chi connectivity index (χ1n) is 9.00. The molecule has 0 bridgehead atoms. The van der Waals surface area contributed by atoms with Crippen molar-refractivity contribution < 1.29 is 9.53 Å². The third-order valence-corrected chi connectivity index (χ3v) is 6.27. The number of nitrogens with one attached hydrogen (secondary N) is 1. The molecule has 0 radical (unpaired) electrons. The summed E-state index contributed by atoms with van der Waals surface area (Å²) in [6.07, 6.45) is 4.62. The van der Waals surface area contributed by atoms with Crippen molar-refractivity contribution in [1.29, 1.82) is 0 Å². The zero-order valence-electron chi connectivity index (χ0n) is 14.6. The van der Waals surface area contributed by atoms with Gasteiger partial charge in [0.1, 0.15) is 0 Å². The minimum atomic E-state index is 0.0950. The van der Waals surface area contributed by atoms with Gasteiger partial charge in [0.2, 0.25) is 5.91 Å². The van der Waals surface area contributed by atoms with Crippen LogP contribution >= 0.6 is 11.8 Å². The van der Waals surface area contributed by atoms with Crippen molar-refractivity contribution in [1.82, 2.24) is 14.8 Å². The summed E-state index contributed by atoms with van der Waals surface area (Å²) in [5, 5.41) is 4.41. The molecule has 6 heteroatoms. The number of hydrogen-bond acceptors (Lipinski definition) is 4. The smallest absolute Gasteiger partial charge is 0.230 e. The van der Waals surface area contributed by atoms with Crippen molar-refractivity contribution in [2.24, 2.45) is 7.05 Å². The Morgan fingerprint density at radius 2 is 2.08 bits per heavy atom. The standard InChI is InChI=1S/C19H25N3O2S/c1-21-10-18(14-6-2-3-7-16(14)21)25-13-19(23)20-15-11-24-12-17(15)22-8-4-5-9-22/h2-3,6-7,10,15,17H,4-5,8-9,11-13H2,1H3,(H,20,23)/t15-,17-/m0/s1. The van der Waals surface area contributed by atoms with E-state index in [-0.39, 0.29) is 11.9 Å². The second-order valence-electron chi connectivity index (χ2n) is 6.93. The molecule has 1 aromatic carbocycles. The van der Waals surface area contributed by atoms with E-state index in [0.717, 1.165) is 24.6 Å². The summed E-state index contributed by atoms with van der Waals surface area (Å²) < 4.78 is 7.76. The van der Waals surface area contributed by atoms with E-state index in [1.54, 1.807) is 11.8 Å². The van der Waals surface area contributed by atoms with Crippen LogP contribution in [0, 0.1) is 0 Å². The lowest BCUT2D eigenvalue weighted by atomic mass is 10.1. The Morgan fingerprint density at radius 1 is 1.28 bits per heavy atom. The molecule has 2 aromatic rings. The fourth-order valence-electron chi connectivity index (χ4n) is 3.93. The van der Waals surface area contributed by atoms with Crippen molar-refractivity contribution in [3.05, 3.63) is 30.5 Å². The molecule has 0 unspecified atom stereocenters. The maximum absolute atomic E-state index is 12.5. The van der Waals surface area contributed by atoms with Crippen LogP contribution in [-0.2, 0) is 16.6 Å². The van der Waals surface area contributed by atoms with E-state index in [0.29, 0.717) is 18.4 Å². The number of fused-ring (bicyclic) bond motifs is 1. The summed E-state index contributed by atoms with van der Waals surface area (Å²) in [4.78, 5) is 16.1. The van der Waals surface area contributed by atoms with Crippen LogP contribution in [0.4, 0.5) is 0 Å². The van der Waals surface area contributed by atoms with Crippen LogP contribution in [0.5, 0.6) is 0 Å². The largest absolute Gasteiger partial charge is 0.378 e. The molecular weight excluding hydrogens is 334 g/mol. The third-order valence-electron chi connectivity index (χ3n) is 5.23. The molecule has 1 N–H and O–H groups in total. The lowest BCUT2D eigenvalue weighted by molar-refractivity contribution is -0.119. The molecule has 3 heterocycles. The Bertz CT molecular complexity index is 754. The fourth-order valence-corrected chi connectivity index (χ4v) is 4.86. The molecule has 0 spiro atoms. The number of ether oxygens (including phenoxy) is 1. The highest BCUT2D eigenvalue weighted by Crippen LogP contribution is 2.29. The van der Waals surface area contributed by atoms with Crippen LogP contribution in [0.2, 0.25) is 0 Å². The number of carbonyl (C=O) groups excluding carboxylic acids is 1. The van der Waals surface area contributed by atoms with Gasteiger partial charge < -0.3 is 14.6 Å². The number of para-hydroxylation sites is 1. The van der Waals surface area contributed by atoms with Gasteiger partial charge in [-0.15, -0.1) is 11.8 Å². The number of hydrogen-bond donors (Lipinski definition) is 1. The number of benzene rings is 1. The molecule has 2 fully saturated rings. The third kappa shape index (κ3) is 3.57. The lowest BCUT2D eigenvalue weighted by Crippen LogP contribution is -2.50. The number of carbonyl (C=O) groups is 1. The van der Waals surface area contributed by atoms with Gasteiger partial charge in [-0.1, -0.05) is 18.2 Å². The summed E-state index contributed by atoms with van der Waals surface area (Å²) in [5.74, 6) is 0.537. The summed E-state index contributed by atoms with van der Waals surface area (Å²) in [6.45, 7) is 3.63. The van der Waals surface area contributed by atoms with Gasteiger partial charge in [0.25, 0.3) is 0 Å². The van der Waals surface area contributed by atoms with Crippen molar-refractivity contribution in [2.45, 2.75) is 29.8 Å². The molecule has 0 saturated carbocycles. The van der Waals surface area contributed by atoms with Crippen molar-refractivity contribution in [3.8, 4) is 0 Å². The summed E-state index contributed by atoms with van der Waals surface area (Å²) in [6, 6.07) is 8.78. The summed E-state index contributed by atoms with van der Waals surface area (Å²) in [5.41, 5.74) is 1.20. The van der Waals surface area contributed by atoms with E-state index in [2.05, 4.69) is 33.1 Å². The van der Waals surface area contributed by atoms with Gasteiger partial charge >= 0.3 is 0 Å². The van der Waals surface area contributed by atoms with Crippen molar-refractivity contribution in [3.63, 3.8) is 0 Å². The molecule has 134 valence electrons. The quantitative estimate of drug-likeness (QED) is 0.832. The number of rotatable bonds is 5. The molecule has 2 aliphatic rings. The minimum absolute atomic E-state index is 0.0950. The van der Waals surface area contributed by atoms with Crippen molar-refractivity contribution >= 4 is 28.6 Å². The SMILES string of the molecule is Cn1cc(SCC(=O)N[C@H]2COC[C@@H]2N2CCCC2)c2ccccc21. The first kappa shape index (κ1) is 16.9. The van der Waals surface area contributed by atoms with Crippen LogP contribution in [0.3, 0.4) is 0 Å². The Morgan fingerprint density at radius 3 is 2.92 bits per heavy atom. The summed E-state index contributed by atoms with van der Waals surface area (Å²) >= 11 is 1.61. The van der Waals surface area contributed by atoms with E-state index < -0.39 is 0 Å². The number of amides is 1. The predicted molar refractivity (Wildman–Crippen MR) is 101 cm³/mol. The zero-order valence-corrected chi connectivity index (χ0v) is 15.4. The monoisotopic (exact) mass is 359 g/mol. The first-order valence-corrected chi connectivity index (χ1v) is 9.99. The maximum atomic E-state index is 12.5. The predicted octanol–water partition coefficient (Wildman–Crippen LogP) is 2.25. The van der Waals surface area contributed by atoms with E-state index in [1.807, 2.05) is 19.2 Å². The topological polar surface area (TPSA) is 46.5 Å². The normalized spacial score (nSPS) is 24.2. The Labute approximate surface area is 152 Å². The van der Waals surface area contributed by atoms with Gasteiger partial charge in [0, 0.05) is 29.0 Å². The molecule has 5 nitrogen and oxygen atoms in total. The van der Waals surface area contributed by atoms with Gasteiger partial charge in [0.15, 0.2) is 0 Å². The maximum Gasteiger partial charge on any atom is 0.230 e. The number of nitrogens with zero attached hydrogens (tertiary/aromatic N) is 2. The molecule has 1 aromatic heterocycles. The van der Waals surface area contributed by atoms with Gasteiger partial charge in [-0.2, -0.15) is 0 Å². The van der Waals surface area contributed by atoms with E-state index in [4.69, 9.17) is 4.74 Å². The van der Waals surface area contributed by atoms with Gasteiger partial charge in [-0.05, 0) is 32.0 Å². The van der Waals surface area contributed by atoms with Crippen LogP contribution in [0.15, 0.2) is 35.4 Å². The van der Waals surface area contributed by atoms with E-state index >= 15 is 0 Å². The second-order valence-corrected chi connectivity index (χ2v) is 7.95. The molecule has 1 amide bonds. The van der Waals surface area contributed by atoms with Crippen LogP contribution in [-0.4, -0.2) is 59.5 Å². The molecule has 2 aliphatic heterocycles. The molecule has 2 saturated heterocycles. The summed E-state index contributed by atoms with van der Waals surface area (Å²) in [7, 11) is 2.04. The Hall–Kier alpha value is -1.50. The number of likely N-dealkylation sites (tertiary alicyclic amines) is 1. The lowest BCUT2D eigenvalue weighted by Gasteiger charge is -2.27. The number of aromatic nitrogens is 1. The average Bonchev–Trinajstić information content (AvgIpc) is 3.34.